The van der Waals surface area contributed by atoms with Gasteiger partial charge in [0.1, 0.15) is 26.9 Å². The number of pyridine rings is 1. The molecular formula is C26H22N6O3S. The maximum absolute atomic E-state index is 13.4. The Bertz CT molecular complexity index is 1480. The highest BCUT2D eigenvalue weighted by molar-refractivity contribution is 7.21. The van der Waals surface area contributed by atoms with Crippen LogP contribution in [-0.4, -0.2) is 55.3 Å². The molecule has 4 N–H and O–H groups in total. The van der Waals surface area contributed by atoms with Crippen LogP contribution in [0.2, 0.25) is 0 Å². The van der Waals surface area contributed by atoms with Crippen LogP contribution in [0.5, 0.6) is 0 Å². The van der Waals surface area contributed by atoms with Gasteiger partial charge in [0.2, 0.25) is 0 Å². The fourth-order valence-corrected chi connectivity index (χ4v) is 4.45. The Morgan fingerprint density at radius 2 is 1.78 bits per heavy atom. The summed E-state index contributed by atoms with van der Waals surface area (Å²) < 4.78 is 0. The third kappa shape index (κ3) is 5.20. The molecular weight excluding hydrogens is 476 g/mol. The third-order valence-corrected chi connectivity index (χ3v) is 6.30. The van der Waals surface area contributed by atoms with E-state index in [-0.39, 0.29) is 12.2 Å². The molecule has 0 fully saturated rings. The van der Waals surface area contributed by atoms with Gasteiger partial charge in [-0.25, -0.2) is 19.9 Å². The fourth-order valence-electron chi connectivity index (χ4n) is 3.51. The normalized spacial score (nSPS) is 11.8. The zero-order valence-corrected chi connectivity index (χ0v) is 19.8. The van der Waals surface area contributed by atoms with Crippen molar-refractivity contribution in [3.05, 3.63) is 84.7 Å². The number of fused-ring (bicyclic) bond motifs is 1. The predicted molar refractivity (Wildman–Crippen MR) is 140 cm³/mol. The second-order valence-electron chi connectivity index (χ2n) is 7.89. The Morgan fingerprint density at radius 1 is 0.972 bits per heavy atom. The van der Waals surface area contributed by atoms with Crippen LogP contribution in [0.25, 0.3) is 32.3 Å². The number of carbonyl (C=O) groups excluding carboxylic acids is 1. The number of carbonyl (C=O) groups is 1. The number of nitrogens with zero attached hydrogens (tertiary/aromatic N) is 4. The van der Waals surface area contributed by atoms with Crippen molar-refractivity contribution in [1.29, 1.82) is 0 Å². The van der Waals surface area contributed by atoms with Crippen LogP contribution in [0.15, 0.2) is 79.0 Å². The molecule has 2 aromatic carbocycles. The average molecular weight is 499 g/mol. The Labute approximate surface area is 210 Å². The van der Waals surface area contributed by atoms with E-state index in [1.54, 1.807) is 6.20 Å². The molecule has 36 heavy (non-hydrogen) atoms. The van der Waals surface area contributed by atoms with Crippen LogP contribution in [0.3, 0.4) is 0 Å². The van der Waals surface area contributed by atoms with Gasteiger partial charge in [-0.1, -0.05) is 53.8 Å². The molecule has 0 unspecified atom stereocenters. The van der Waals surface area contributed by atoms with E-state index in [0.717, 1.165) is 26.5 Å². The highest BCUT2D eigenvalue weighted by atomic mass is 32.1. The summed E-state index contributed by atoms with van der Waals surface area (Å²) in [5.74, 6) is 0.286. The van der Waals surface area contributed by atoms with Crippen molar-refractivity contribution in [2.24, 2.45) is 0 Å². The number of para-hydroxylation sites is 1. The number of nitrogens with one attached hydrogen (secondary N) is 2. The number of aliphatic hydroxyl groups is 2. The lowest BCUT2D eigenvalue weighted by Gasteiger charge is -2.13. The van der Waals surface area contributed by atoms with Gasteiger partial charge < -0.3 is 20.8 Å². The van der Waals surface area contributed by atoms with Crippen molar-refractivity contribution in [1.82, 2.24) is 19.9 Å². The van der Waals surface area contributed by atoms with Gasteiger partial charge in [-0.3, -0.25) is 4.79 Å². The summed E-state index contributed by atoms with van der Waals surface area (Å²) in [6, 6.07) is 22.0. The highest BCUT2D eigenvalue weighted by Crippen LogP contribution is 2.33. The lowest BCUT2D eigenvalue weighted by Crippen LogP contribution is -2.24. The fraction of sp³-hybridized carbons (Fsp3) is 0.115. The number of aliphatic hydroxyl groups excluding tert-OH is 2. The summed E-state index contributed by atoms with van der Waals surface area (Å²) in [7, 11) is 0. The van der Waals surface area contributed by atoms with Crippen molar-refractivity contribution in [3.63, 3.8) is 0 Å². The topological polar surface area (TPSA) is 133 Å². The van der Waals surface area contributed by atoms with Gasteiger partial charge in [0, 0.05) is 29.9 Å². The van der Waals surface area contributed by atoms with Crippen LogP contribution in [-0.2, 0) is 0 Å². The van der Waals surface area contributed by atoms with Gasteiger partial charge in [-0.15, -0.1) is 0 Å². The Kier molecular flexibility index (Phi) is 6.89. The molecule has 1 atom stereocenters. The molecule has 3 heterocycles. The first-order valence-electron chi connectivity index (χ1n) is 11.2. The number of aromatic nitrogens is 4. The SMILES string of the molecule is O=C(Nc1ccccc1-c1nc2cccnc2s1)c1cc(NC[C@H](O)CO)nc(-c2ccccc2)n1. The molecule has 0 radical (unpaired) electrons. The second-order valence-corrected chi connectivity index (χ2v) is 8.87. The minimum absolute atomic E-state index is 0.0667. The molecule has 5 aromatic rings. The number of rotatable bonds is 8. The van der Waals surface area contributed by atoms with E-state index in [1.165, 1.54) is 17.4 Å². The number of hydrogen-bond donors (Lipinski definition) is 4. The van der Waals surface area contributed by atoms with Gasteiger partial charge in [-0.05, 0) is 24.3 Å². The maximum atomic E-state index is 13.4. The number of hydrogen-bond acceptors (Lipinski definition) is 9. The smallest absolute Gasteiger partial charge is 0.274 e. The summed E-state index contributed by atoms with van der Waals surface area (Å²) in [6.07, 6.45) is 0.760. The molecule has 5 rings (SSSR count). The molecule has 0 aliphatic carbocycles. The zero-order valence-electron chi connectivity index (χ0n) is 19.0. The van der Waals surface area contributed by atoms with E-state index in [2.05, 4.69) is 30.6 Å². The molecule has 180 valence electrons. The summed E-state index contributed by atoms with van der Waals surface area (Å²) >= 11 is 1.45. The van der Waals surface area contributed by atoms with E-state index in [0.29, 0.717) is 17.3 Å². The van der Waals surface area contributed by atoms with Gasteiger partial charge >= 0.3 is 0 Å². The lowest BCUT2D eigenvalue weighted by atomic mass is 10.1. The zero-order chi connectivity index (χ0) is 24.9. The number of anilines is 2. The number of benzene rings is 2. The van der Waals surface area contributed by atoms with Crippen molar-refractivity contribution < 1.29 is 15.0 Å². The van der Waals surface area contributed by atoms with Crippen LogP contribution >= 0.6 is 11.3 Å². The van der Waals surface area contributed by atoms with E-state index >= 15 is 0 Å². The first kappa shape index (κ1) is 23.5. The molecule has 0 saturated carbocycles. The summed E-state index contributed by atoms with van der Waals surface area (Å²) in [5.41, 5.74) is 3.04. The highest BCUT2D eigenvalue weighted by Gasteiger charge is 2.17. The van der Waals surface area contributed by atoms with E-state index in [4.69, 9.17) is 5.11 Å². The largest absolute Gasteiger partial charge is 0.394 e. The molecule has 9 nitrogen and oxygen atoms in total. The average Bonchev–Trinajstić information content (AvgIpc) is 3.36. The summed E-state index contributed by atoms with van der Waals surface area (Å²) in [5, 5.41) is 25.5. The number of amides is 1. The summed E-state index contributed by atoms with van der Waals surface area (Å²) in [6.45, 7) is -0.327. The van der Waals surface area contributed by atoms with E-state index in [1.807, 2.05) is 66.7 Å². The summed E-state index contributed by atoms with van der Waals surface area (Å²) in [4.78, 5) is 32.2. The van der Waals surface area contributed by atoms with Crippen molar-refractivity contribution in [2.45, 2.75) is 6.10 Å². The first-order chi connectivity index (χ1) is 17.6. The Hall–Kier alpha value is -4.25. The molecule has 1 amide bonds. The standard InChI is InChI=1S/C26H22N6O3S/c33-15-17(34)14-28-22-13-21(29-23(32-22)16-7-2-1-3-8-16)24(35)30-19-10-5-4-9-18(19)25-31-20-11-6-12-27-26(20)36-25/h1-13,17,33-34H,14-15H2,(H,30,35)(H,28,29,32)/t17-/m0/s1. The number of thiazole rings is 1. The van der Waals surface area contributed by atoms with Gasteiger partial charge in [0.25, 0.3) is 5.91 Å². The molecule has 0 saturated heterocycles. The van der Waals surface area contributed by atoms with Crippen molar-refractivity contribution in [2.75, 3.05) is 23.8 Å². The van der Waals surface area contributed by atoms with Crippen molar-refractivity contribution in [3.8, 4) is 22.0 Å². The molecule has 0 aliphatic rings. The third-order valence-electron chi connectivity index (χ3n) is 5.29. The predicted octanol–water partition coefficient (Wildman–Crippen LogP) is 3.83. The molecule has 3 aromatic heterocycles. The van der Waals surface area contributed by atoms with Gasteiger partial charge in [0.15, 0.2) is 5.82 Å². The monoisotopic (exact) mass is 498 g/mol. The second kappa shape index (κ2) is 10.6. The molecule has 0 spiro atoms. The Balaban J connectivity index is 1.47. The van der Waals surface area contributed by atoms with Crippen LogP contribution < -0.4 is 10.6 Å². The lowest BCUT2D eigenvalue weighted by molar-refractivity contribution is 0.102. The van der Waals surface area contributed by atoms with Gasteiger partial charge in [0.05, 0.1) is 18.4 Å². The molecule has 0 bridgehead atoms. The maximum Gasteiger partial charge on any atom is 0.274 e. The van der Waals surface area contributed by atoms with Crippen LogP contribution in [0.1, 0.15) is 10.5 Å². The van der Waals surface area contributed by atoms with E-state index < -0.39 is 18.6 Å². The van der Waals surface area contributed by atoms with Crippen molar-refractivity contribution >= 4 is 39.1 Å². The molecule has 10 heteroatoms. The Morgan fingerprint density at radius 3 is 2.58 bits per heavy atom. The quantitative estimate of drug-likeness (QED) is 0.254. The van der Waals surface area contributed by atoms with Gasteiger partial charge in [-0.2, -0.15) is 0 Å². The molecule has 0 aliphatic heterocycles. The van der Waals surface area contributed by atoms with Crippen LogP contribution in [0, 0.1) is 0 Å². The first-order valence-corrected chi connectivity index (χ1v) is 12.0. The minimum atomic E-state index is -0.965. The van der Waals surface area contributed by atoms with Crippen LogP contribution in [0.4, 0.5) is 11.5 Å². The minimum Gasteiger partial charge on any atom is -0.394 e. The van der Waals surface area contributed by atoms with E-state index in [9.17, 15) is 9.90 Å².